The molecule has 1 heterocycles. The van der Waals surface area contributed by atoms with Gasteiger partial charge in [0.2, 0.25) is 0 Å². The number of hydrogen-bond acceptors (Lipinski definition) is 1. The van der Waals surface area contributed by atoms with Gasteiger partial charge in [-0.25, -0.2) is 0 Å². The minimum Gasteiger partial charge on any atom is -0.284 e. The van der Waals surface area contributed by atoms with E-state index in [0.29, 0.717) is 5.92 Å². The van der Waals surface area contributed by atoms with E-state index in [1.165, 1.54) is 16.8 Å². The molecule has 0 saturated carbocycles. The smallest absolute Gasteiger partial charge is 0.0649 e. The normalized spacial score (nSPS) is 14.6. The van der Waals surface area contributed by atoms with Gasteiger partial charge in [-0.2, -0.15) is 0 Å². The zero-order valence-electron chi connectivity index (χ0n) is 7.84. The largest absolute Gasteiger partial charge is 0.284 e. The average molecular weight is 194 g/mol. The zero-order chi connectivity index (χ0) is 9.42. The monoisotopic (exact) mass is 193 g/mol. The fourth-order valence-electron chi connectivity index (χ4n) is 1.67. The summed E-state index contributed by atoms with van der Waals surface area (Å²) in [5, 5.41) is 0.800. The summed E-state index contributed by atoms with van der Waals surface area (Å²) in [5.41, 5.74) is 3.73. The van der Waals surface area contributed by atoms with Gasteiger partial charge in [-0.15, -0.1) is 0 Å². The Morgan fingerprint density at radius 1 is 1.38 bits per heavy atom. The van der Waals surface area contributed by atoms with Crippen LogP contribution in [0.15, 0.2) is 23.2 Å². The molecule has 1 aliphatic rings. The van der Waals surface area contributed by atoms with Gasteiger partial charge in [0, 0.05) is 16.3 Å². The highest BCUT2D eigenvalue weighted by atomic mass is 35.5. The van der Waals surface area contributed by atoms with Crippen LogP contribution in [0, 0.1) is 5.92 Å². The summed E-state index contributed by atoms with van der Waals surface area (Å²) in [4.78, 5) is 4.50. The molecule has 0 amide bonds. The number of benzene rings is 1. The number of aliphatic imine (C=N–C) groups is 1. The molecule has 0 bridgehead atoms. The molecule has 0 radical (unpaired) electrons. The van der Waals surface area contributed by atoms with E-state index in [1.807, 2.05) is 12.1 Å². The van der Waals surface area contributed by atoms with Crippen molar-refractivity contribution >= 4 is 17.3 Å². The first-order valence-corrected chi connectivity index (χ1v) is 4.89. The molecule has 0 fully saturated rings. The first-order chi connectivity index (χ1) is 6.18. The standard InChI is InChI=1S/C11H12ClN/c1-7(2)11-10-5-9(12)4-3-8(10)6-13-11/h3-5,7H,6H2,1-2H3. The number of fused-ring (bicyclic) bond motifs is 1. The van der Waals surface area contributed by atoms with Crippen LogP contribution in [0.2, 0.25) is 5.02 Å². The van der Waals surface area contributed by atoms with Crippen LogP contribution in [-0.4, -0.2) is 5.71 Å². The molecule has 2 heteroatoms. The van der Waals surface area contributed by atoms with Crippen molar-refractivity contribution in [3.8, 4) is 0 Å². The molecule has 0 saturated heterocycles. The molecule has 0 spiro atoms. The second-order valence-corrected chi connectivity index (χ2v) is 4.09. The second-order valence-electron chi connectivity index (χ2n) is 3.66. The van der Waals surface area contributed by atoms with Gasteiger partial charge in [-0.1, -0.05) is 31.5 Å². The summed E-state index contributed by atoms with van der Waals surface area (Å²) >= 11 is 5.94. The van der Waals surface area contributed by atoms with Crippen molar-refractivity contribution in [2.75, 3.05) is 0 Å². The lowest BCUT2D eigenvalue weighted by molar-refractivity contribution is 0.882. The lowest BCUT2D eigenvalue weighted by Gasteiger charge is -2.06. The van der Waals surface area contributed by atoms with Crippen LogP contribution in [0.4, 0.5) is 0 Å². The van der Waals surface area contributed by atoms with Gasteiger partial charge in [0.1, 0.15) is 0 Å². The van der Waals surface area contributed by atoms with Crippen molar-refractivity contribution in [3.63, 3.8) is 0 Å². The van der Waals surface area contributed by atoms with Gasteiger partial charge in [0.05, 0.1) is 6.54 Å². The molecular formula is C11H12ClN. The fraction of sp³-hybridized carbons (Fsp3) is 0.364. The van der Waals surface area contributed by atoms with E-state index in [4.69, 9.17) is 11.6 Å². The Morgan fingerprint density at radius 2 is 2.15 bits per heavy atom. The van der Waals surface area contributed by atoms with E-state index >= 15 is 0 Å². The Kier molecular flexibility index (Phi) is 2.12. The minimum atomic E-state index is 0.486. The molecule has 0 unspecified atom stereocenters. The Labute approximate surface area is 83.4 Å². The average Bonchev–Trinajstić information content (AvgIpc) is 2.46. The highest BCUT2D eigenvalue weighted by Crippen LogP contribution is 2.25. The predicted molar refractivity (Wildman–Crippen MR) is 56.5 cm³/mol. The molecule has 0 atom stereocenters. The first kappa shape index (κ1) is 8.76. The summed E-state index contributed by atoms with van der Waals surface area (Å²) < 4.78 is 0. The minimum absolute atomic E-state index is 0.486. The molecular weight excluding hydrogens is 182 g/mol. The molecule has 0 N–H and O–H groups in total. The highest BCUT2D eigenvalue weighted by Gasteiger charge is 2.17. The van der Waals surface area contributed by atoms with Gasteiger partial charge in [0.15, 0.2) is 0 Å². The predicted octanol–water partition coefficient (Wildman–Crippen LogP) is 3.30. The van der Waals surface area contributed by atoms with Gasteiger partial charge in [0.25, 0.3) is 0 Å². The van der Waals surface area contributed by atoms with Crippen molar-refractivity contribution in [2.24, 2.45) is 10.9 Å². The SMILES string of the molecule is CC(C)C1=NCc2ccc(Cl)cc21. The van der Waals surface area contributed by atoms with Crippen LogP contribution in [-0.2, 0) is 6.54 Å². The van der Waals surface area contributed by atoms with Crippen LogP contribution >= 0.6 is 11.6 Å². The Morgan fingerprint density at radius 3 is 2.85 bits per heavy atom. The first-order valence-electron chi connectivity index (χ1n) is 4.51. The fourth-order valence-corrected chi connectivity index (χ4v) is 1.85. The summed E-state index contributed by atoms with van der Waals surface area (Å²) in [6, 6.07) is 6.01. The van der Waals surface area contributed by atoms with Crippen molar-refractivity contribution in [1.29, 1.82) is 0 Å². The third-order valence-corrected chi connectivity index (χ3v) is 2.55. The number of rotatable bonds is 1. The van der Waals surface area contributed by atoms with Crippen molar-refractivity contribution < 1.29 is 0 Å². The Balaban J connectivity index is 2.48. The van der Waals surface area contributed by atoms with Crippen LogP contribution in [0.25, 0.3) is 0 Å². The van der Waals surface area contributed by atoms with E-state index in [2.05, 4.69) is 24.9 Å². The molecule has 1 aromatic carbocycles. The Bertz CT molecular complexity index is 366. The van der Waals surface area contributed by atoms with E-state index in [1.54, 1.807) is 0 Å². The molecule has 1 aliphatic heterocycles. The van der Waals surface area contributed by atoms with Crippen LogP contribution in [0.1, 0.15) is 25.0 Å². The van der Waals surface area contributed by atoms with Crippen molar-refractivity contribution in [3.05, 3.63) is 34.3 Å². The zero-order valence-corrected chi connectivity index (χ0v) is 8.60. The summed E-state index contributed by atoms with van der Waals surface area (Å²) in [5.74, 6) is 0.486. The van der Waals surface area contributed by atoms with Gasteiger partial charge in [-0.05, 0) is 23.6 Å². The molecule has 0 aliphatic carbocycles. The third kappa shape index (κ3) is 1.49. The van der Waals surface area contributed by atoms with Gasteiger partial charge < -0.3 is 0 Å². The maximum absolute atomic E-state index is 5.94. The van der Waals surface area contributed by atoms with E-state index in [-0.39, 0.29) is 0 Å². The number of halogens is 1. The van der Waals surface area contributed by atoms with E-state index in [9.17, 15) is 0 Å². The molecule has 0 aromatic heterocycles. The summed E-state index contributed by atoms with van der Waals surface area (Å²) in [6.45, 7) is 5.14. The highest BCUT2D eigenvalue weighted by molar-refractivity contribution is 6.31. The molecule has 68 valence electrons. The number of nitrogens with zero attached hydrogens (tertiary/aromatic N) is 1. The number of hydrogen-bond donors (Lipinski definition) is 0. The maximum atomic E-state index is 5.94. The van der Waals surface area contributed by atoms with Crippen molar-refractivity contribution in [1.82, 2.24) is 0 Å². The lowest BCUT2D eigenvalue weighted by atomic mass is 9.98. The quantitative estimate of drug-likeness (QED) is 0.649. The van der Waals surface area contributed by atoms with Gasteiger partial charge in [-0.3, -0.25) is 4.99 Å². The van der Waals surface area contributed by atoms with E-state index < -0.39 is 0 Å². The maximum Gasteiger partial charge on any atom is 0.0649 e. The van der Waals surface area contributed by atoms with Gasteiger partial charge >= 0.3 is 0 Å². The third-order valence-electron chi connectivity index (χ3n) is 2.31. The molecule has 13 heavy (non-hydrogen) atoms. The molecule has 2 rings (SSSR count). The second kappa shape index (κ2) is 3.15. The lowest BCUT2D eigenvalue weighted by Crippen LogP contribution is -2.06. The van der Waals surface area contributed by atoms with Crippen molar-refractivity contribution in [2.45, 2.75) is 20.4 Å². The van der Waals surface area contributed by atoms with Crippen LogP contribution in [0.5, 0.6) is 0 Å². The molecule has 1 aromatic rings. The van der Waals surface area contributed by atoms with E-state index in [0.717, 1.165) is 11.6 Å². The Hall–Kier alpha value is -0.820. The summed E-state index contributed by atoms with van der Waals surface area (Å²) in [6.07, 6.45) is 0. The van der Waals surface area contributed by atoms with Crippen LogP contribution < -0.4 is 0 Å². The summed E-state index contributed by atoms with van der Waals surface area (Å²) in [7, 11) is 0. The van der Waals surface area contributed by atoms with Crippen LogP contribution in [0.3, 0.4) is 0 Å². The molecule has 1 nitrogen and oxygen atoms in total. The topological polar surface area (TPSA) is 12.4 Å².